The van der Waals surface area contributed by atoms with Crippen LogP contribution in [0, 0.1) is 0 Å². The van der Waals surface area contributed by atoms with Gasteiger partial charge in [0, 0.05) is 50.5 Å². The van der Waals surface area contributed by atoms with Gasteiger partial charge >= 0.3 is 12.1 Å². The van der Waals surface area contributed by atoms with Crippen molar-refractivity contribution < 1.29 is 19.1 Å². The molecule has 0 atom stereocenters. The second-order valence-electron chi connectivity index (χ2n) is 5.91. The number of benzene rings is 1. The minimum absolute atomic E-state index is 0.0686. The van der Waals surface area contributed by atoms with Crippen molar-refractivity contribution in [3.63, 3.8) is 0 Å². The maximum Gasteiger partial charge on any atom is 0.409 e. The van der Waals surface area contributed by atoms with Gasteiger partial charge in [-0.05, 0) is 31.2 Å². The van der Waals surface area contributed by atoms with Crippen LogP contribution >= 0.6 is 0 Å². The molecule has 1 aromatic carbocycles. The Morgan fingerprint density at radius 1 is 1.04 bits per heavy atom. The van der Waals surface area contributed by atoms with Crippen LogP contribution in [0.25, 0.3) is 0 Å². The van der Waals surface area contributed by atoms with Crippen LogP contribution in [0.5, 0.6) is 0 Å². The third-order valence-corrected chi connectivity index (χ3v) is 4.38. The Morgan fingerprint density at radius 3 is 2.24 bits per heavy atom. The van der Waals surface area contributed by atoms with Crippen LogP contribution in [-0.4, -0.2) is 73.7 Å². The molecule has 134 valence electrons. The van der Waals surface area contributed by atoms with E-state index in [4.69, 9.17) is 4.74 Å². The fourth-order valence-electron chi connectivity index (χ4n) is 2.99. The van der Waals surface area contributed by atoms with Crippen molar-refractivity contribution in [3.8, 4) is 0 Å². The molecule has 25 heavy (non-hydrogen) atoms. The lowest BCUT2D eigenvalue weighted by atomic mass is 10.1. The number of hydrogen-bond acceptors (Lipinski definition) is 4. The van der Waals surface area contributed by atoms with Crippen LogP contribution in [0.4, 0.5) is 15.3 Å². The first-order valence-electron chi connectivity index (χ1n) is 8.46. The average Bonchev–Trinajstić information content (AvgIpc) is 3.07. The molecule has 2 heterocycles. The Hall–Kier alpha value is -2.77. The van der Waals surface area contributed by atoms with Crippen LogP contribution in [-0.2, 0) is 4.74 Å². The van der Waals surface area contributed by atoms with Crippen molar-refractivity contribution in [1.29, 1.82) is 0 Å². The van der Waals surface area contributed by atoms with Gasteiger partial charge in [0.15, 0.2) is 0 Å². The number of ether oxygens (including phenoxy) is 1. The van der Waals surface area contributed by atoms with E-state index in [0.717, 1.165) is 5.69 Å². The lowest BCUT2D eigenvalue weighted by Crippen LogP contribution is -2.50. The van der Waals surface area contributed by atoms with Gasteiger partial charge in [-0.1, -0.05) is 0 Å². The van der Waals surface area contributed by atoms with Gasteiger partial charge in [0.1, 0.15) is 0 Å². The smallest absolute Gasteiger partial charge is 0.409 e. The molecule has 0 spiro atoms. The summed E-state index contributed by atoms with van der Waals surface area (Å²) in [5.74, 6) is -0.0686. The number of nitrogens with zero attached hydrogens (tertiary/aromatic N) is 3. The quantitative estimate of drug-likeness (QED) is 0.889. The van der Waals surface area contributed by atoms with E-state index >= 15 is 0 Å². The summed E-state index contributed by atoms with van der Waals surface area (Å²) in [6, 6.07) is 6.93. The van der Waals surface area contributed by atoms with Crippen molar-refractivity contribution >= 4 is 23.7 Å². The van der Waals surface area contributed by atoms with Gasteiger partial charge in [-0.25, -0.2) is 9.59 Å². The Bertz CT molecular complexity index is 653. The molecule has 1 aromatic rings. The number of anilines is 1. The number of urea groups is 1. The predicted octanol–water partition coefficient (Wildman–Crippen LogP) is 1.13. The molecule has 0 radical (unpaired) electrons. The minimum Gasteiger partial charge on any atom is -0.450 e. The molecule has 3 rings (SSSR count). The summed E-state index contributed by atoms with van der Waals surface area (Å²) in [4.78, 5) is 41.0. The summed E-state index contributed by atoms with van der Waals surface area (Å²) in [6.45, 7) is 5.27. The van der Waals surface area contributed by atoms with Crippen molar-refractivity contribution in [1.82, 2.24) is 15.1 Å². The van der Waals surface area contributed by atoms with Gasteiger partial charge in [-0.2, -0.15) is 0 Å². The molecule has 0 unspecified atom stereocenters. The maximum absolute atomic E-state index is 12.6. The molecule has 0 aliphatic carbocycles. The molecular formula is C17H22N4O4. The molecular weight excluding hydrogens is 324 g/mol. The summed E-state index contributed by atoms with van der Waals surface area (Å²) < 4.78 is 4.98. The largest absolute Gasteiger partial charge is 0.450 e. The van der Waals surface area contributed by atoms with Gasteiger partial charge in [-0.3, -0.25) is 9.69 Å². The second-order valence-corrected chi connectivity index (χ2v) is 5.91. The van der Waals surface area contributed by atoms with Gasteiger partial charge in [0.25, 0.3) is 5.91 Å². The topological polar surface area (TPSA) is 82.2 Å². The Kier molecular flexibility index (Phi) is 5.06. The number of amides is 4. The molecule has 2 saturated heterocycles. The van der Waals surface area contributed by atoms with Gasteiger partial charge in [-0.15, -0.1) is 0 Å². The molecule has 0 bridgehead atoms. The summed E-state index contributed by atoms with van der Waals surface area (Å²) in [5, 5.41) is 2.75. The van der Waals surface area contributed by atoms with Crippen molar-refractivity contribution in [2.24, 2.45) is 0 Å². The molecule has 0 saturated carbocycles. The fourth-order valence-corrected chi connectivity index (χ4v) is 2.99. The van der Waals surface area contributed by atoms with E-state index in [1.807, 2.05) is 0 Å². The number of rotatable bonds is 3. The first-order valence-corrected chi connectivity index (χ1v) is 8.46. The zero-order valence-electron chi connectivity index (χ0n) is 14.2. The number of nitrogens with one attached hydrogen (secondary N) is 1. The molecule has 8 nitrogen and oxygen atoms in total. The van der Waals surface area contributed by atoms with E-state index in [1.165, 1.54) is 0 Å². The summed E-state index contributed by atoms with van der Waals surface area (Å²) >= 11 is 0. The summed E-state index contributed by atoms with van der Waals surface area (Å²) in [5.41, 5.74) is 1.35. The average molecular weight is 346 g/mol. The van der Waals surface area contributed by atoms with Crippen LogP contribution in [0.15, 0.2) is 24.3 Å². The zero-order valence-corrected chi connectivity index (χ0v) is 14.2. The zero-order chi connectivity index (χ0) is 17.8. The highest BCUT2D eigenvalue weighted by atomic mass is 16.6. The summed E-state index contributed by atoms with van der Waals surface area (Å²) in [6.07, 6.45) is -0.331. The number of piperazine rings is 1. The third kappa shape index (κ3) is 3.67. The normalized spacial score (nSPS) is 17.5. The highest BCUT2D eigenvalue weighted by Gasteiger charge is 2.26. The molecule has 8 heteroatoms. The van der Waals surface area contributed by atoms with E-state index in [9.17, 15) is 14.4 Å². The first kappa shape index (κ1) is 17.1. The number of carbonyl (C=O) groups is 3. The Labute approximate surface area is 146 Å². The van der Waals surface area contributed by atoms with Crippen molar-refractivity contribution in [3.05, 3.63) is 29.8 Å². The predicted molar refractivity (Wildman–Crippen MR) is 91.7 cm³/mol. The van der Waals surface area contributed by atoms with Crippen LogP contribution in [0.2, 0.25) is 0 Å². The minimum atomic E-state index is -0.331. The maximum atomic E-state index is 12.6. The van der Waals surface area contributed by atoms with E-state index in [2.05, 4.69) is 5.32 Å². The van der Waals surface area contributed by atoms with E-state index in [0.29, 0.717) is 51.4 Å². The monoisotopic (exact) mass is 346 g/mol. The molecule has 2 aliphatic heterocycles. The first-order chi connectivity index (χ1) is 12.1. The standard InChI is InChI=1S/C17H22N4O4/c1-2-25-17(24)20-11-9-19(10-12-20)15(22)13-3-5-14(6-4-13)21-8-7-18-16(21)23/h3-6H,2,7-12H2,1H3,(H,18,23). The van der Waals surface area contributed by atoms with Gasteiger partial charge < -0.3 is 19.9 Å². The fraction of sp³-hybridized carbons (Fsp3) is 0.471. The highest BCUT2D eigenvalue weighted by molar-refractivity contribution is 5.97. The summed E-state index contributed by atoms with van der Waals surface area (Å²) in [7, 11) is 0. The van der Waals surface area contributed by atoms with Gasteiger partial charge in [0.05, 0.1) is 6.61 Å². The molecule has 4 amide bonds. The van der Waals surface area contributed by atoms with Crippen molar-refractivity contribution in [2.75, 3.05) is 50.8 Å². The molecule has 2 aliphatic rings. The number of hydrogen-bond donors (Lipinski definition) is 1. The van der Waals surface area contributed by atoms with E-state index < -0.39 is 0 Å². The lowest BCUT2D eigenvalue weighted by molar-refractivity contribution is 0.0570. The van der Waals surface area contributed by atoms with E-state index in [-0.39, 0.29) is 18.0 Å². The van der Waals surface area contributed by atoms with E-state index in [1.54, 1.807) is 45.9 Å². The van der Waals surface area contributed by atoms with Gasteiger partial charge in [0.2, 0.25) is 0 Å². The SMILES string of the molecule is CCOC(=O)N1CCN(C(=O)c2ccc(N3CCNC3=O)cc2)CC1. The highest BCUT2D eigenvalue weighted by Crippen LogP contribution is 2.18. The Morgan fingerprint density at radius 2 is 1.68 bits per heavy atom. The molecule has 2 fully saturated rings. The third-order valence-electron chi connectivity index (χ3n) is 4.38. The van der Waals surface area contributed by atoms with Crippen LogP contribution in [0.1, 0.15) is 17.3 Å². The second kappa shape index (κ2) is 7.42. The molecule has 0 aromatic heterocycles. The van der Waals surface area contributed by atoms with Crippen LogP contribution in [0.3, 0.4) is 0 Å². The van der Waals surface area contributed by atoms with Crippen LogP contribution < -0.4 is 10.2 Å². The lowest BCUT2D eigenvalue weighted by Gasteiger charge is -2.34. The Balaban J connectivity index is 1.58. The number of carbonyl (C=O) groups excluding carboxylic acids is 3. The van der Waals surface area contributed by atoms with Crippen molar-refractivity contribution in [2.45, 2.75) is 6.92 Å². The molecule has 1 N–H and O–H groups in total.